The van der Waals surface area contributed by atoms with Crippen molar-refractivity contribution in [3.05, 3.63) is 39.9 Å². The van der Waals surface area contributed by atoms with Crippen molar-refractivity contribution in [2.24, 2.45) is 15.9 Å². The van der Waals surface area contributed by atoms with Crippen molar-refractivity contribution in [2.45, 2.75) is 52.2 Å². The summed E-state index contributed by atoms with van der Waals surface area (Å²) < 4.78 is 6.75. The van der Waals surface area contributed by atoms with Gasteiger partial charge in [-0.2, -0.15) is 10.4 Å². The van der Waals surface area contributed by atoms with Crippen LogP contribution in [0, 0.1) is 11.3 Å². The number of ether oxygens (including phenoxy) is 1. The first-order valence-electron chi connectivity index (χ1n) is 10.1. The highest BCUT2D eigenvalue weighted by Crippen LogP contribution is 2.18. The molecule has 1 atom stereocenters. The van der Waals surface area contributed by atoms with Crippen LogP contribution >= 0.6 is 0 Å². The molecule has 0 saturated carbocycles. The molecule has 0 aromatic carbocycles. The highest BCUT2D eigenvalue weighted by Gasteiger charge is 2.27. The van der Waals surface area contributed by atoms with Crippen LogP contribution in [0.4, 0.5) is 4.79 Å². The van der Waals surface area contributed by atoms with E-state index in [1.807, 2.05) is 26.8 Å². The summed E-state index contributed by atoms with van der Waals surface area (Å²) in [4.78, 5) is 34.2. The number of nitrogens with one attached hydrogen (secondary N) is 1. The van der Waals surface area contributed by atoms with Gasteiger partial charge in [0.05, 0.1) is 11.8 Å². The minimum atomic E-state index is -0.557. The smallest absolute Gasteiger partial charge is 0.410 e. The van der Waals surface area contributed by atoms with Crippen LogP contribution in [0.1, 0.15) is 51.8 Å². The second-order valence-electron chi connectivity index (χ2n) is 8.50. The predicted octanol–water partition coefficient (Wildman–Crippen LogP) is 2.02. The molecule has 1 unspecified atom stereocenters. The van der Waals surface area contributed by atoms with Gasteiger partial charge < -0.3 is 20.5 Å². The largest absolute Gasteiger partial charge is 0.444 e. The molecule has 164 valence electrons. The highest BCUT2D eigenvalue weighted by atomic mass is 16.6. The molecule has 3 N–H and O–H groups in total. The molecule has 3 rings (SSSR count). The molecule has 0 radical (unpaired) electrons. The normalized spacial score (nSPS) is 18.2. The summed E-state index contributed by atoms with van der Waals surface area (Å²) in [6.07, 6.45) is 2.74. The van der Waals surface area contributed by atoms with Gasteiger partial charge in [0.15, 0.2) is 0 Å². The number of nitrogens with zero attached hydrogens (tertiary/aromatic N) is 5. The molecule has 0 spiro atoms. The number of aromatic amines is 1. The predicted molar refractivity (Wildman–Crippen MR) is 117 cm³/mol. The van der Waals surface area contributed by atoms with Crippen molar-refractivity contribution in [3.8, 4) is 6.07 Å². The summed E-state index contributed by atoms with van der Waals surface area (Å²) in [7, 11) is 0. The van der Waals surface area contributed by atoms with E-state index in [4.69, 9.17) is 20.8 Å². The summed E-state index contributed by atoms with van der Waals surface area (Å²) in [5.41, 5.74) is 1.19. The molecule has 2 aromatic heterocycles. The van der Waals surface area contributed by atoms with Gasteiger partial charge >= 0.3 is 6.09 Å². The lowest BCUT2D eigenvalue weighted by atomic mass is 10.0. The van der Waals surface area contributed by atoms with Crippen molar-refractivity contribution < 1.29 is 9.53 Å². The minimum Gasteiger partial charge on any atom is -0.444 e. The van der Waals surface area contributed by atoms with Crippen molar-refractivity contribution in [1.82, 2.24) is 14.3 Å². The SMILES string of the molecule is CC(=NC1CCCN(C(=O)OC(C)(C)C)C1)/C(=N\N)c1cc(=O)n2c(C#N)c[nH]c2c1. The molecule has 3 heterocycles. The zero-order valence-electron chi connectivity index (χ0n) is 18.2. The van der Waals surface area contributed by atoms with Gasteiger partial charge in [0.1, 0.15) is 28.7 Å². The molecular formula is C21H27N7O3. The Morgan fingerprint density at radius 3 is 2.77 bits per heavy atom. The molecule has 1 amide bonds. The number of nitriles is 1. The van der Waals surface area contributed by atoms with Gasteiger partial charge in [-0.05, 0) is 46.6 Å². The first-order chi connectivity index (χ1) is 14.6. The molecular weight excluding hydrogens is 398 g/mol. The number of imidazole rings is 1. The topological polar surface area (TPSA) is 141 Å². The second kappa shape index (κ2) is 8.63. The van der Waals surface area contributed by atoms with Gasteiger partial charge in [-0.3, -0.25) is 14.2 Å². The fraction of sp³-hybridized carbons (Fsp3) is 0.476. The molecule has 31 heavy (non-hydrogen) atoms. The fourth-order valence-electron chi connectivity index (χ4n) is 3.61. The third kappa shape index (κ3) is 4.94. The molecule has 10 heteroatoms. The van der Waals surface area contributed by atoms with Crippen LogP contribution in [0.5, 0.6) is 0 Å². The Balaban J connectivity index is 1.83. The molecule has 0 aliphatic carbocycles. The summed E-state index contributed by atoms with van der Waals surface area (Å²) in [6, 6.07) is 4.91. The van der Waals surface area contributed by atoms with Crippen LogP contribution in [0.25, 0.3) is 5.65 Å². The number of H-pyrrole nitrogens is 1. The van der Waals surface area contributed by atoms with Crippen LogP contribution in [0.2, 0.25) is 0 Å². The number of pyridine rings is 1. The van der Waals surface area contributed by atoms with E-state index in [9.17, 15) is 9.59 Å². The van der Waals surface area contributed by atoms with Gasteiger partial charge in [0, 0.05) is 30.9 Å². The number of nitrogens with two attached hydrogens (primary N) is 1. The molecule has 1 aliphatic rings. The number of amides is 1. The Hall–Kier alpha value is -3.61. The van der Waals surface area contributed by atoms with Crippen LogP contribution in [0.3, 0.4) is 0 Å². The maximum atomic E-state index is 12.5. The Kier molecular flexibility index (Phi) is 6.15. The van der Waals surface area contributed by atoms with Crippen molar-refractivity contribution >= 4 is 23.2 Å². The molecule has 1 aliphatic heterocycles. The summed E-state index contributed by atoms with van der Waals surface area (Å²) in [5.74, 6) is 5.63. The van der Waals surface area contributed by atoms with E-state index in [-0.39, 0.29) is 23.4 Å². The van der Waals surface area contributed by atoms with E-state index in [1.54, 1.807) is 17.9 Å². The second-order valence-corrected chi connectivity index (χ2v) is 8.50. The van der Waals surface area contributed by atoms with Gasteiger partial charge in [-0.15, -0.1) is 0 Å². The number of carbonyl (C=O) groups excluding carboxylic acids is 1. The molecule has 0 bridgehead atoms. The van der Waals surface area contributed by atoms with E-state index >= 15 is 0 Å². The Morgan fingerprint density at radius 2 is 2.13 bits per heavy atom. The molecule has 2 aromatic rings. The summed E-state index contributed by atoms with van der Waals surface area (Å²) in [5, 5.41) is 13.0. The average molecular weight is 425 g/mol. The summed E-state index contributed by atoms with van der Waals surface area (Å²) >= 11 is 0. The fourth-order valence-corrected chi connectivity index (χ4v) is 3.61. The number of aromatic nitrogens is 2. The van der Waals surface area contributed by atoms with Crippen LogP contribution in [-0.2, 0) is 4.74 Å². The van der Waals surface area contributed by atoms with Crippen LogP contribution < -0.4 is 11.4 Å². The van der Waals surface area contributed by atoms with Gasteiger partial charge in [-0.1, -0.05) is 0 Å². The van der Waals surface area contributed by atoms with Gasteiger partial charge in [0.25, 0.3) is 5.56 Å². The Bertz CT molecular complexity index is 1140. The number of hydrazone groups is 1. The lowest BCUT2D eigenvalue weighted by Gasteiger charge is -2.32. The number of aliphatic imine (C=N–C) groups is 1. The minimum absolute atomic E-state index is 0.126. The number of hydrogen-bond donors (Lipinski definition) is 2. The Labute approximate surface area is 180 Å². The number of piperidine rings is 1. The maximum Gasteiger partial charge on any atom is 0.410 e. The third-order valence-corrected chi connectivity index (χ3v) is 4.91. The van der Waals surface area contributed by atoms with E-state index in [2.05, 4.69) is 10.1 Å². The molecule has 1 fully saturated rings. The summed E-state index contributed by atoms with van der Waals surface area (Å²) in [6.45, 7) is 8.34. The van der Waals surface area contributed by atoms with Crippen molar-refractivity contribution in [1.29, 1.82) is 5.26 Å². The number of rotatable bonds is 3. The van der Waals surface area contributed by atoms with Gasteiger partial charge in [0.2, 0.25) is 0 Å². The maximum absolute atomic E-state index is 12.5. The number of hydrogen-bond acceptors (Lipinski definition) is 7. The highest BCUT2D eigenvalue weighted by molar-refractivity contribution is 6.47. The van der Waals surface area contributed by atoms with Crippen LogP contribution in [-0.4, -0.2) is 56.5 Å². The number of carbonyl (C=O) groups is 1. The van der Waals surface area contributed by atoms with E-state index in [1.165, 1.54) is 16.7 Å². The first-order valence-corrected chi connectivity index (χ1v) is 10.1. The van der Waals surface area contributed by atoms with Crippen LogP contribution in [0.15, 0.2) is 33.2 Å². The lowest BCUT2D eigenvalue weighted by Crippen LogP contribution is -2.44. The first kappa shape index (κ1) is 22.1. The van der Waals surface area contributed by atoms with E-state index in [0.717, 1.165) is 12.8 Å². The standard InChI is InChI=1S/C21H27N7O3/c1-13(25-15-6-5-7-27(12-15)20(30)31-21(2,3)4)19(26-23)14-8-17-24-11-16(10-22)28(17)18(29)9-14/h8-9,11,15,24H,5-7,12,23H2,1-4H3/b25-13?,26-19+. The van der Waals surface area contributed by atoms with Crippen molar-refractivity contribution in [3.63, 3.8) is 0 Å². The zero-order chi connectivity index (χ0) is 22.8. The van der Waals surface area contributed by atoms with Crippen molar-refractivity contribution in [2.75, 3.05) is 13.1 Å². The van der Waals surface area contributed by atoms with Gasteiger partial charge in [-0.25, -0.2) is 4.79 Å². The van der Waals surface area contributed by atoms with E-state index < -0.39 is 5.60 Å². The number of fused-ring (bicyclic) bond motifs is 1. The molecule has 10 nitrogen and oxygen atoms in total. The average Bonchev–Trinajstić information content (AvgIpc) is 3.11. The van der Waals surface area contributed by atoms with E-state index in [0.29, 0.717) is 35.7 Å². The quantitative estimate of drug-likeness (QED) is 0.440. The number of likely N-dealkylation sites (tertiary alicyclic amines) is 1. The zero-order valence-corrected chi connectivity index (χ0v) is 18.2. The third-order valence-electron chi connectivity index (χ3n) is 4.91. The lowest BCUT2D eigenvalue weighted by molar-refractivity contribution is 0.0201. The Morgan fingerprint density at radius 1 is 1.39 bits per heavy atom. The molecule has 1 saturated heterocycles. The monoisotopic (exact) mass is 425 g/mol.